The van der Waals surface area contributed by atoms with Crippen molar-refractivity contribution in [1.82, 2.24) is 0 Å². The molecule has 0 aromatic rings. The van der Waals surface area contributed by atoms with Crippen LogP contribution in [0.3, 0.4) is 0 Å². The van der Waals surface area contributed by atoms with E-state index < -0.39 is 0 Å². The van der Waals surface area contributed by atoms with Gasteiger partial charge in [-0.05, 0) is 18.9 Å². The molecule has 0 saturated heterocycles. The average molecular weight is 164 g/mol. The van der Waals surface area contributed by atoms with E-state index in [2.05, 4.69) is 19.9 Å². The molecular formula is C11H16O. The second kappa shape index (κ2) is 6.59. The summed E-state index contributed by atoms with van der Waals surface area (Å²) in [6.07, 6.45) is 11.1. The van der Waals surface area contributed by atoms with Crippen molar-refractivity contribution in [3.8, 4) is 0 Å². The molecule has 0 atom stereocenters. The minimum Gasteiger partial charge on any atom is -0.295 e. The molecule has 0 aliphatic carbocycles. The maximum absolute atomic E-state index is 10.4. The van der Waals surface area contributed by atoms with Crippen LogP contribution in [-0.4, -0.2) is 5.78 Å². The molecule has 0 heterocycles. The van der Waals surface area contributed by atoms with E-state index in [1.54, 1.807) is 12.2 Å². The quantitative estimate of drug-likeness (QED) is 0.461. The predicted octanol–water partition coefficient (Wildman–Crippen LogP) is 2.90. The molecule has 0 aromatic carbocycles. The van der Waals surface area contributed by atoms with Gasteiger partial charge in [-0.25, -0.2) is 0 Å². The smallest absolute Gasteiger partial charge is 0.152 e. The van der Waals surface area contributed by atoms with Gasteiger partial charge < -0.3 is 0 Å². The summed E-state index contributed by atoms with van der Waals surface area (Å²) in [5.74, 6) is 0.652. The number of ketones is 1. The molecule has 0 rings (SSSR count). The lowest BCUT2D eigenvalue weighted by Gasteiger charge is -1.88. The predicted molar refractivity (Wildman–Crippen MR) is 52.9 cm³/mol. The van der Waals surface area contributed by atoms with Crippen LogP contribution in [0.5, 0.6) is 0 Å². The Bertz CT molecular complexity index is 207. The van der Waals surface area contributed by atoms with Crippen molar-refractivity contribution in [1.29, 1.82) is 0 Å². The van der Waals surface area contributed by atoms with E-state index in [1.807, 2.05) is 18.2 Å². The fraction of sp³-hybridized carbons (Fsp3) is 0.364. The Labute approximate surface area is 74.5 Å². The van der Waals surface area contributed by atoms with E-state index >= 15 is 0 Å². The highest BCUT2D eigenvalue weighted by Crippen LogP contribution is 1.93. The maximum atomic E-state index is 10.4. The molecule has 0 aliphatic heterocycles. The molecule has 0 radical (unpaired) electrons. The summed E-state index contributed by atoms with van der Waals surface area (Å²) < 4.78 is 0. The second-order valence-electron chi connectivity index (χ2n) is 2.98. The molecule has 0 saturated carbocycles. The largest absolute Gasteiger partial charge is 0.295 e. The number of hydrogen-bond acceptors (Lipinski definition) is 1. The van der Waals surface area contributed by atoms with Crippen LogP contribution in [0.1, 0.15) is 20.8 Å². The van der Waals surface area contributed by atoms with E-state index in [-0.39, 0.29) is 5.78 Å². The number of allylic oxidation sites excluding steroid dienone is 6. The van der Waals surface area contributed by atoms with Crippen LogP contribution < -0.4 is 0 Å². The molecule has 12 heavy (non-hydrogen) atoms. The number of rotatable bonds is 4. The average Bonchev–Trinajstić information content (AvgIpc) is 1.95. The Kier molecular flexibility index (Phi) is 5.98. The molecule has 0 spiro atoms. The minimum atomic E-state index is 0.0764. The SMILES string of the molecule is CC(=O)/C=C/C=C/C=C/C(C)C. The summed E-state index contributed by atoms with van der Waals surface area (Å²) >= 11 is 0. The summed E-state index contributed by atoms with van der Waals surface area (Å²) in [4.78, 5) is 10.4. The normalized spacial score (nSPS) is 12.7. The van der Waals surface area contributed by atoms with Crippen LogP contribution in [0.4, 0.5) is 0 Å². The van der Waals surface area contributed by atoms with Gasteiger partial charge >= 0.3 is 0 Å². The molecule has 0 unspecified atom stereocenters. The van der Waals surface area contributed by atoms with Gasteiger partial charge in [0, 0.05) is 0 Å². The van der Waals surface area contributed by atoms with Gasteiger partial charge in [-0.2, -0.15) is 0 Å². The Balaban J connectivity index is 3.70. The van der Waals surface area contributed by atoms with Crippen molar-refractivity contribution >= 4 is 5.78 Å². The standard InChI is InChI=1S/C11H16O/c1-10(2)8-6-4-5-7-9-11(3)12/h4-10H,1-3H3/b5-4+,8-6+,9-7+. The minimum absolute atomic E-state index is 0.0764. The molecule has 0 aromatic heterocycles. The molecular weight excluding hydrogens is 148 g/mol. The summed E-state index contributed by atoms with van der Waals surface area (Å²) in [6, 6.07) is 0. The van der Waals surface area contributed by atoms with Crippen LogP contribution in [0, 0.1) is 5.92 Å². The monoisotopic (exact) mass is 164 g/mol. The third kappa shape index (κ3) is 8.89. The van der Waals surface area contributed by atoms with Crippen molar-refractivity contribution < 1.29 is 4.79 Å². The molecule has 0 N–H and O–H groups in total. The first-order valence-electron chi connectivity index (χ1n) is 4.15. The lowest BCUT2D eigenvalue weighted by molar-refractivity contribution is -0.112. The van der Waals surface area contributed by atoms with Gasteiger partial charge in [-0.1, -0.05) is 44.2 Å². The van der Waals surface area contributed by atoms with Gasteiger partial charge in [-0.3, -0.25) is 4.79 Å². The van der Waals surface area contributed by atoms with Crippen molar-refractivity contribution in [2.45, 2.75) is 20.8 Å². The Morgan fingerprint density at radius 2 is 1.67 bits per heavy atom. The van der Waals surface area contributed by atoms with E-state index in [0.717, 1.165) is 0 Å². The van der Waals surface area contributed by atoms with E-state index in [4.69, 9.17) is 0 Å². The first kappa shape index (κ1) is 10.9. The molecule has 0 amide bonds. The molecule has 1 nitrogen and oxygen atoms in total. The van der Waals surface area contributed by atoms with Gasteiger partial charge in [0.1, 0.15) is 0 Å². The van der Waals surface area contributed by atoms with Gasteiger partial charge in [0.15, 0.2) is 5.78 Å². The molecule has 0 fully saturated rings. The fourth-order valence-corrected chi connectivity index (χ4v) is 0.606. The zero-order valence-electron chi connectivity index (χ0n) is 7.95. The molecule has 0 aliphatic rings. The van der Waals surface area contributed by atoms with E-state index in [9.17, 15) is 4.79 Å². The van der Waals surface area contributed by atoms with E-state index in [0.29, 0.717) is 5.92 Å². The first-order chi connectivity index (χ1) is 5.63. The lowest BCUT2D eigenvalue weighted by atomic mass is 10.2. The zero-order valence-corrected chi connectivity index (χ0v) is 7.95. The lowest BCUT2D eigenvalue weighted by Crippen LogP contribution is -1.77. The summed E-state index contributed by atoms with van der Waals surface area (Å²) in [5.41, 5.74) is 0. The van der Waals surface area contributed by atoms with Crippen molar-refractivity contribution in [2.75, 3.05) is 0 Å². The Morgan fingerprint density at radius 3 is 2.17 bits per heavy atom. The Hall–Kier alpha value is -1.11. The van der Waals surface area contributed by atoms with Crippen molar-refractivity contribution in [2.24, 2.45) is 5.92 Å². The van der Waals surface area contributed by atoms with Crippen LogP contribution in [-0.2, 0) is 4.79 Å². The molecule has 1 heteroatoms. The summed E-state index contributed by atoms with van der Waals surface area (Å²) in [6.45, 7) is 5.78. The van der Waals surface area contributed by atoms with Crippen molar-refractivity contribution in [3.05, 3.63) is 36.5 Å². The van der Waals surface area contributed by atoms with Crippen LogP contribution in [0.25, 0.3) is 0 Å². The van der Waals surface area contributed by atoms with Crippen LogP contribution in [0.2, 0.25) is 0 Å². The number of hydrogen-bond donors (Lipinski definition) is 0. The molecule has 66 valence electrons. The summed E-state index contributed by atoms with van der Waals surface area (Å²) in [5, 5.41) is 0. The second-order valence-corrected chi connectivity index (χ2v) is 2.98. The highest BCUT2D eigenvalue weighted by Gasteiger charge is 1.79. The van der Waals surface area contributed by atoms with Gasteiger partial charge in [0.05, 0.1) is 0 Å². The van der Waals surface area contributed by atoms with Gasteiger partial charge in [-0.15, -0.1) is 0 Å². The van der Waals surface area contributed by atoms with Gasteiger partial charge in [0.25, 0.3) is 0 Å². The summed E-state index contributed by atoms with van der Waals surface area (Å²) in [7, 11) is 0. The first-order valence-corrected chi connectivity index (χ1v) is 4.15. The van der Waals surface area contributed by atoms with Crippen LogP contribution in [0.15, 0.2) is 36.5 Å². The van der Waals surface area contributed by atoms with Gasteiger partial charge in [0.2, 0.25) is 0 Å². The highest BCUT2D eigenvalue weighted by molar-refractivity contribution is 5.87. The molecule has 0 bridgehead atoms. The fourth-order valence-electron chi connectivity index (χ4n) is 0.606. The third-order valence-corrected chi connectivity index (χ3v) is 1.16. The van der Waals surface area contributed by atoms with Crippen LogP contribution >= 0.6 is 0 Å². The Morgan fingerprint density at radius 1 is 1.08 bits per heavy atom. The number of carbonyl (C=O) groups excluding carboxylic acids is 1. The van der Waals surface area contributed by atoms with E-state index in [1.165, 1.54) is 6.92 Å². The highest BCUT2D eigenvalue weighted by atomic mass is 16.1. The maximum Gasteiger partial charge on any atom is 0.152 e. The zero-order chi connectivity index (χ0) is 9.40. The topological polar surface area (TPSA) is 17.1 Å². The van der Waals surface area contributed by atoms with Crippen molar-refractivity contribution in [3.63, 3.8) is 0 Å². The number of carbonyl (C=O) groups is 1. The third-order valence-electron chi connectivity index (χ3n) is 1.16.